The van der Waals surface area contributed by atoms with Crippen molar-refractivity contribution < 1.29 is 4.79 Å². The van der Waals surface area contributed by atoms with Crippen molar-refractivity contribution in [3.05, 3.63) is 82.4 Å². The van der Waals surface area contributed by atoms with Crippen LogP contribution in [0.5, 0.6) is 0 Å². The van der Waals surface area contributed by atoms with Crippen molar-refractivity contribution in [1.82, 2.24) is 4.98 Å². The van der Waals surface area contributed by atoms with Crippen molar-refractivity contribution in [2.24, 2.45) is 0 Å². The van der Waals surface area contributed by atoms with Crippen LogP contribution in [0.1, 0.15) is 48.0 Å². The Bertz CT molecular complexity index is 846. The van der Waals surface area contributed by atoms with Crippen LogP contribution >= 0.6 is 11.3 Å². The Morgan fingerprint density at radius 3 is 2.24 bits per heavy atom. The first kappa shape index (κ1) is 17.4. The molecule has 4 heteroatoms. The summed E-state index contributed by atoms with van der Waals surface area (Å²) in [6.07, 6.45) is 0.865. The summed E-state index contributed by atoms with van der Waals surface area (Å²) >= 11 is 1.46. The summed E-state index contributed by atoms with van der Waals surface area (Å²) in [5.41, 5.74) is 4.07. The molecule has 0 bridgehead atoms. The number of carbonyl (C=O) groups excluding carboxylic acids is 1. The summed E-state index contributed by atoms with van der Waals surface area (Å²) in [6, 6.07) is 18.0. The molecule has 2 aromatic carbocycles. The minimum absolute atomic E-state index is 0.0153. The molecule has 0 radical (unpaired) electrons. The van der Waals surface area contributed by atoms with E-state index in [9.17, 15) is 4.79 Å². The molecule has 3 aromatic rings. The van der Waals surface area contributed by atoms with Gasteiger partial charge in [0.2, 0.25) is 0 Å². The van der Waals surface area contributed by atoms with Crippen molar-refractivity contribution in [1.29, 1.82) is 0 Å². The molecule has 3 nitrogen and oxygen atoms in total. The summed E-state index contributed by atoms with van der Waals surface area (Å²) in [5, 5.41) is 5.53. The summed E-state index contributed by atoms with van der Waals surface area (Å²) in [6.45, 7) is 6.33. The topological polar surface area (TPSA) is 42.0 Å². The number of aromatic nitrogens is 1. The Morgan fingerprint density at radius 2 is 1.64 bits per heavy atom. The molecule has 128 valence electrons. The quantitative estimate of drug-likeness (QED) is 0.695. The van der Waals surface area contributed by atoms with E-state index >= 15 is 0 Å². The van der Waals surface area contributed by atoms with Gasteiger partial charge in [-0.05, 0) is 29.7 Å². The fourth-order valence-electron chi connectivity index (χ4n) is 2.45. The largest absolute Gasteiger partial charge is 0.298 e. The van der Waals surface area contributed by atoms with Crippen LogP contribution in [-0.2, 0) is 11.8 Å². The molecule has 0 saturated carbocycles. The van der Waals surface area contributed by atoms with Crippen molar-refractivity contribution in [3.63, 3.8) is 0 Å². The number of amides is 1. The maximum atomic E-state index is 12.4. The van der Waals surface area contributed by atoms with E-state index in [1.165, 1.54) is 22.5 Å². The van der Waals surface area contributed by atoms with Gasteiger partial charge in [-0.2, -0.15) is 0 Å². The Kier molecular flexibility index (Phi) is 5.00. The first-order valence-electron chi connectivity index (χ1n) is 8.32. The number of hydrogen-bond acceptors (Lipinski definition) is 3. The lowest BCUT2D eigenvalue weighted by molar-refractivity contribution is 0.102. The zero-order valence-electron chi connectivity index (χ0n) is 14.7. The number of rotatable bonds is 4. The van der Waals surface area contributed by atoms with E-state index in [2.05, 4.69) is 43.2 Å². The van der Waals surface area contributed by atoms with E-state index in [4.69, 9.17) is 0 Å². The molecule has 1 N–H and O–H groups in total. The van der Waals surface area contributed by atoms with Gasteiger partial charge in [0, 0.05) is 16.4 Å². The molecular formula is C21H22N2OS. The van der Waals surface area contributed by atoms with E-state index in [0.717, 1.165) is 12.1 Å². The molecular weight excluding hydrogens is 328 g/mol. The summed E-state index contributed by atoms with van der Waals surface area (Å²) in [4.78, 5) is 16.9. The first-order chi connectivity index (χ1) is 11.9. The molecule has 0 atom stereocenters. The third kappa shape index (κ3) is 4.54. The lowest BCUT2D eigenvalue weighted by Crippen LogP contribution is -2.14. The number of nitrogens with one attached hydrogen (secondary N) is 1. The van der Waals surface area contributed by atoms with Crippen LogP contribution in [0.4, 0.5) is 5.13 Å². The molecule has 0 fully saturated rings. The van der Waals surface area contributed by atoms with Crippen LogP contribution < -0.4 is 5.32 Å². The van der Waals surface area contributed by atoms with E-state index in [-0.39, 0.29) is 11.3 Å². The normalized spacial score (nSPS) is 11.3. The highest BCUT2D eigenvalue weighted by molar-refractivity contribution is 7.14. The average Bonchev–Trinajstić information content (AvgIpc) is 3.05. The van der Waals surface area contributed by atoms with Gasteiger partial charge in [0.15, 0.2) is 5.13 Å². The van der Waals surface area contributed by atoms with E-state index in [1.54, 1.807) is 0 Å². The van der Waals surface area contributed by atoms with Gasteiger partial charge >= 0.3 is 0 Å². The van der Waals surface area contributed by atoms with Gasteiger partial charge in [-0.3, -0.25) is 10.1 Å². The highest BCUT2D eigenvalue weighted by Crippen LogP contribution is 2.26. The van der Waals surface area contributed by atoms with Crippen LogP contribution in [-0.4, -0.2) is 10.9 Å². The molecule has 0 saturated heterocycles. The second kappa shape index (κ2) is 7.19. The van der Waals surface area contributed by atoms with Crippen LogP contribution in [0.2, 0.25) is 0 Å². The molecule has 0 aliphatic carbocycles. The Labute approximate surface area is 152 Å². The maximum absolute atomic E-state index is 12.4. The third-order valence-electron chi connectivity index (χ3n) is 3.96. The minimum Gasteiger partial charge on any atom is -0.298 e. The van der Waals surface area contributed by atoms with Gasteiger partial charge in [0.05, 0.1) is 5.69 Å². The molecule has 1 heterocycles. The zero-order chi connectivity index (χ0) is 17.9. The Hall–Kier alpha value is -2.46. The second-order valence-corrected chi connectivity index (χ2v) is 7.96. The van der Waals surface area contributed by atoms with E-state index < -0.39 is 0 Å². The van der Waals surface area contributed by atoms with Gasteiger partial charge in [-0.25, -0.2) is 4.98 Å². The summed E-state index contributed by atoms with van der Waals surface area (Å²) in [5.74, 6) is -0.124. The number of hydrogen-bond donors (Lipinski definition) is 1. The number of thiazole rings is 1. The van der Waals surface area contributed by atoms with Crippen molar-refractivity contribution in [3.8, 4) is 0 Å². The van der Waals surface area contributed by atoms with Crippen LogP contribution in [0.15, 0.2) is 60.0 Å². The lowest BCUT2D eigenvalue weighted by atomic mass is 9.93. The van der Waals surface area contributed by atoms with Crippen molar-refractivity contribution in [2.45, 2.75) is 32.6 Å². The number of benzene rings is 2. The van der Waals surface area contributed by atoms with E-state index in [1.807, 2.05) is 47.8 Å². The smallest absolute Gasteiger partial charge is 0.257 e. The number of nitrogens with zero attached hydrogens (tertiary/aromatic N) is 1. The van der Waals surface area contributed by atoms with Gasteiger partial charge in [0.1, 0.15) is 0 Å². The highest BCUT2D eigenvalue weighted by Gasteiger charge is 2.18. The van der Waals surface area contributed by atoms with Crippen molar-refractivity contribution in [2.75, 3.05) is 5.32 Å². The standard InChI is InChI=1S/C21H22N2OS/c1-21(2,3)18-14-25-20(22-18)23-19(24)17-11-9-16(10-12-17)13-15-7-5-4-6-8-15/h4-12,14H,13H2,1-3H3,(H,22,23,24). The summed E-state index contributed by atoms with van der Waals surface area (Å²) < 4.78 is 0. The molecule has 0 unspecified atom stereocenters. The molecule has 0 aliphatic heterocycles. The number of anilines is 1. The van der Waals surface area contributed by atoms with Gasteiger partial charge in [-0.1, -0.05) is 63.2 Å². The predicted octanol–water partition coefficient (Wildman–Crippen LogP) is 5.28. The average molecular weight is 350 g/mol. The van der Waals surface area contributed by atoms with Crippen LogP contribution in [0.25, 0.3) is 0 Å². The molecule has 0 aliphatic rings. The van der Waals surface area contributed by atoms with Gasteiger partial charge < -0.3 is 0 Å². The molecule has 25 heavy (non-hydrogen) atoms. The predicted molar refractivity (Wildman–Crippen MR) is 104 cm³/mol. The van der Waals surface area contributed by atoms with Gasteiger partial charge in [-0.15, -0.1) is 11.3 Å². The van der Waals surface area contributed by atoms with E-state index in [0.29, 0.717) is 10.7 Å². The lowest BCUT2D eigenvalue weighted by Gasteiger charge is -2.14. The highest BCUT2D eigenvalue weighted by atomic mass is 32.1. The Balaban J connectivity index is 1.65. The number of carbonyl (C=O) groups is 1. The first-order valence-corrected chi connectivity index (χ1v) is 9.20. The second-order valence-electron chi connectivity index (χ2n) is 7.10. The molecule has 3 rings (SSSR count). The van der Waals surface area contributed by atoms with Crippen LogP contribution in [0, 0.1) is 0 Å². The third-order valence-corrected chi connectivity index (χ3v) is 4.72. The monoisotopic (exact) mass is 350 g/mol. The minimum atomic E-state index is -0.124. The fraction of sp³-hybridized carbons (Fsp3) is 0.238. The fourth-order valence-corrected chi connectivity index (χ4v) is 3.38. The molecule has 0 spiro atoms. The zero-order valence-corrected chi connectivity index (χ0v) is 15.6. The molecule has 1 aromatic heterocycles. The van der Waals surface area contributed by atoms with Crippen LogP contribution in [0.3, 0.4) is 0 Å². The maximum Gasteiger partial charge on any atom is 0.257 e. The molecule has 1 amide bonds. The SMILES string of the molecule is CC(C)(C)c1csc(NC(=O)c2ccc(Cc3ccccc3)cc2)n1. The van der Waals surface area contributed by atoms with Crippen molar-refractivity contribution >= 4 is 22.4 Å². The van der Waals surface area contributed by atoms with Gasteiger partial charge in [0.25, 0.3) is 5.91 Å². The summed E-state index contributed by atoms with van der Waals surface area (Å²) in [7, 11) is 0. The Morgan fingerprint density at radius 1 is 1.00 bits per heavy atom.